The van der Waals surface area contributed by atoms with E-state index >= 15 is 0 Å². The van der Waals surface area contributed by atoms with Gasteiger partial charge >= 0.3 is 0 Å². The molecule has 0 fully saturated rings. The minimum absolute atomic E-state index is 0.0350. The maximum atomic E-state index is 8.90. The number of halogens is 1. The van der Waals surface area contributed by atoms with Crippen molar-refractivity contribution >= 4 is 15.9 Å². The second-order valence-corrected chi connectivity index (χ2v) is 3.51. The summed E-state index contributed by atoms with van der Waals surface area (Å²) in [6.07, 6.45) is 1.72. The number of hydrogen-bond acceptors (Lipinski definition) is 1. The van der Waals surface area contributed by atoms with Gasteiger partial charge in [0.25, 0.3) is 0 Å². The van der Waals surface area contributed by atoms with Crippen LogP contribution in [0.1, 0.15) is 17.0 Å². The molecule has 1 nitrogen and oxygen atoms in total. The monoisotopic (exact) mass is 234 g/mol. The second kappa shape index (κ2) is 4.25. The summed E-state index contributed by atoms with van der Waals surface area (Å²) in [5, 5.41) is 8.90. The van der Waals surface area contributed by atoms with Gasteiger partial charge in [0.15, 0.2) is 0 Å². The SMILES string of the molecule is [CH2]C(C=C)c1cccc(Br)c1C#N. The first kappa shape index (κ1) is 10.0. The fraction of sp³-hybridized carbons (Fsp3) is 0.0909. The topological polar surface area (TPSA) is 23.8 Å². The van der Waals surface area contributed by atoms with Crippen molar-refractivity contribution in [2.75, 3.05) is 0 Å². The zero-order valence-corrected chi connectivity index (χ0v) is 8.71. The summed E-state index contributed by atoms with van der Waals surface area (Å²) < 4.78 is 0.808. The van der Waals surface area contributed by atoms with Crippen LogP contribution in [0.15, 0.2) is 35.3 Å². The van der Waals surface area contributed by atoms with Crippen molar-refractivity contribution in [3.63, 3.8) is 0 Å². The lowest BCUT2D eigenvalue weighted by atomic mass is 9.96. The van der Waals surface area contributed by atoms with Gasteiger partial charge in [-0.05, 0) is 34.5 Å². The van der Waals surface area contributed by atoms with E-state index in [0.717, 1.165) is 10.0 Å². The molecule has 13 heavy (non-hydrogen) atoms. The summed E-state index contributed by atoms with van der Waals surface area (Å²) >= 11 is 3.32. The average molecular weight is 235 g/mol. The van der Waals surface area contributed by atoms with Crippen LogP contribution in [0.4, 0.5) is 0 Å². The predicted octanol–water partition coefficient (Wildman–Crippen LogP) is 3.42. The van der Waals surface area contributed by atoms with Crippen molar-refractivity contribution in [1.29, 1.82) is 5.26 Å². The first-order valence-corrected chi connectivity index (χ1v) is 4.64. The van der Waals surface area contributed by atoms with Crippen LogP contribution in [0.2, 0.25) is 0 Å². The highest BCUT2D eigenvalue weighted by molar-refractivity contribution is 9.10. The van der Waals surface area contributed by atoms with Crippen LogP contribution < -0.4 is 0 Å². The molecule has 0 heterocycles. The van der Waals surface area contributed by atoms with Crippen molar-refractivity contribution in [3.8, 4) is 6.07 Å². The summed E-state index contributed by atoms with van der Waals surface area (Å²) in [6.45, 7) is 7.54. The first-order valence-electron chi connectivity index (χ1n) is 3.85. The Morgan fingerprint density at radius 1 is 1.54 bits per heavy atom. The Hall–Kier alpha value is -1.07. The number of nitrogens with zero attached hydrogens (tertiary/aromatic N) is 1. The molecule has 2 heteroatoms. The van der Waals surface area contributed by atoms with Crippen molar-refractivity contribution in [2.24, 2.45) is 0 Å². The third-order valence-electron chi connectivity index (χ3n) is 1.84. The molecular formula is C11H9BrN. The average Bonchev–Trinajstić information content (AvgIpc) is 2.16. The quantitative estimate of drug-likeness (QED) is 0.720. The van der Waals surface area contributed by atoms with Crippen LogP contribution in [-0.4, -0.2) is 0 Å². The zero-order valence-electron chi connectivity index (χ0n) is 7.13. The molecular weight excluding hydrogens is 226 g/mol. The minimum Gasteiger partial charge on any atom is -0.192 e. The summed E-state index contributed by atoms with van der Waals surface area (Å²) in [7, 11) is 0. The number of allylic oxidation sites excluding steroid dienone is 1. The first-order chi connectivity index (χ1) is 6.20. The van der Waals surface area contributed by atoms with Crippen molar-refractivity contribution in [3.05, 3.63) is 53.4 Å². The van der Waals surface area contributed by atoms with E-state index in [9.17, 15) is 0 Å². The molecule has 0 aromatic heterocycles. The second-order valence-electron chi connectivity index (χ2n) is 2.66. The van der Waals surface area contributed by atoms with Crippen molar-refractivity contribution in [1.82, 2.24) is 0 Å². The van der Waals surface area contributed by atoms with Gasteiger partial charge in [0.1, 0.15) is 6.07 Å². The Morgan fingerprint density at radius 2 is 2.23 bits per heavy atom. The molecule has 0 aliphatic heterocycles. The predicted molar refractivity (Wildman–Crippen MR) is 57.2 cm³/mol. The lowest BCUT2D eigenvalue weighted by Gasteiger charge is -2.08. The summed E-state index contributed by atoms with van der Waals surface area (Å²) in [5.41, 5.74) is 1.55. The van der Waals surface area contributed by atoms with Gasteiger partial charge in [-0.3, -0.25) is 0 Å². The van der Waals surface area contributed by atoms with Gasteiger partial charge in [-0.1, -0.05) is 18.2 Å². The Balaban J connectivity index is 3.29. The van der Waals surface area contributed by atoms with Gasteiger partial charge in [-0.25, -0.2) is 0 Å². The van der Waals surface area contributed by atoms with Gasteiger partial charge in [0.2, 0.25) is 0 Å². The van der Waals surface area contributed by atoms with Gasteiger partial charge in [0, 0.05) is 10.4 Å². The van der Waals surface area contributed by atoms with Crippen LogP contribution in [0.3, 0.4) is 0 Å². The number of rotatable bonds is 2. The Kier molecular flexibility index (Phi) is 3.27. The standard InChI is InChI=1S/C11H9BrN/c1-3-8(2)9-5-4-6-11(12)10(9)7-13/h3-6,8H,1-2H2. The molecule has 1 radical (unpaired) electrons. The third-order valence-corrected chi connectivity index (χ3v) is 2.50. The molecule has 1 unspecified atom stereocenters. The maximum absolute atomic E-state index is 8.90. The molecule has 1 rings (SSSR count). The van der Waals surface area contributed by atoms with Crippen molar-refractivity contribution in [2.45, 2.75) is 5.92 Å². The summed E-state index contributed by atoms with van der Waals surface area (Å²) in [5.74, 6) is -0.0350. The molecule has 0 N–H and O–H groups in total. The minimum atomic E-state index is -0.0350. The number of benzene rings is 1. The van der Waals surface area contributed by atoms with Gasteiger partial charge in [-0.2, -0.15) is 5.26 Å². The largest absolute Gasteiger partial charge is 0.192 e. The fourth-order valence-corrected chi connectivity index (χ4v) is 1.56. The van der Waals surface area contributed by atoms with E-state index in [1.165, 1.54) is 0 Å². The van der Waals surface area contributed by atoms with Crippen LogP contribution in [0.5, 0.6) is 0 Å². The highest BCUT2D eigenvalue weighted by atomic mass is 79.9. The molecule has 0 saturated heterocycles. The van der Waals surface area contributed by atoms with E-state index in [1.54, 1.807) is 6.08 Å². The molecule has 1 aromatic carbocycles. The molecule has 0 aliphatic carbocycles. The number of hydrogen-bond donors (Lipinski definition) is 0. The van der Waals surface area contributed by atoms with E-state index in [0.29, 0.717) is 5.56 Å². The fourth-order valence-electron chi connectivity index (χ4n) is 1.09. The van der Waals surface area contributed by atoms with Crippen LogP contribution in [-0.2, 0) is 0 Å². The van der Waals surface area contributed by atoms with E-state index in [1.807, 2.05) is 18.2 Å². The van der Waals surface area contributed by atoms with Crippen molar-refractivity contribution < 1.29 is 0 Å². The molecule has 0 spiro atoms. The highest BCUT2D eigenvalue weighted by Crippen LogP contribution is 2.25. The van der Waals surface area contributed by atoms with Gasteiger partial charge < -0.3 is 0 Å². The molecule has 65 valence electrons. The van der Waals surface area contributed by atoms with Crippen LogP contribution in [0.25, 0.3) is 0 Å². The van der Waals surface area contributed by atoms with Gasteiger partial charge in [-0.15, -0.1) is 6.58 Å². The van der Waals surface area contributed by atoms with E-state index in [2.05, 4.69) is 35.5 Å². The Labute approximate surface area is 86.8 Å². The Morgan fingerprint density at radius 3 is 2.77 bits per heavy atom. The maximum Gasteiger partial charge on any atom is 0.101 e. The number of nitriles is 1. The zero-order chi connectivity index (χ0) is 9.84. The molecule has 0 amide bonds. The molecule has 0 bridgehead atoms. The molecule has 0 aliphatic rings. The normalized spacial score (nSPS) is 11.8. The smallest absolute Gasteiger partial charge is 0.101 e. The molecule has 1 aromatic rings. The third kappa shape index (κ3) is 1.99. The lowest BCUT2D eigenvalue weighted by molar-refractivity contribution is 1.07. The highest BCUT2D eigenvalue weighted by Gasteiger charge is 2.09. The Bertz CT molecular complexity index is 363. The summed E-state index contributed by atoms with van der Waals surface area (Å²) in [4.78, 5) is 0. The molecule has 0 saturated carbocycles. The van der Waals surface area contributed by atoms with Crippen LogP contribution >= 0.6 is 15.9 Å². The van der Waals surface area contributed by atoms with Crippen LogP contribution in [0, 0.1) is 18.3 Å². The summed E-state index contributed by atoms with van der Waals surface area (Å²) in [6, 6.07) is 7.77. The van der Waals surface area contributed by atoms with Gasteiger partial charge in [0.05, 0.1) is 5.56 Å². The molecule has 1 atom stereocenters. The lowest BCUT2D eigenvalue weighted by Crippen LogP contribution is -1.94. The van der Waals surface area contributed by atoms with E-state index in [4.69, 9.17) is 5.26 Å². The van der Waals surface area contributed by atoms with E-state index < -0.39 is 0 Å². The van der Waals surface area contributed by atoms with E-state index in [-0.39, 0.29) is 5.92 Å².